The average molecular weight is 839 g/mol. The van der Waals surface area contributed by atoms with Crippen molar-refractivity contribution in [1.82, 2.24) is 0 Å². The van der Waals surface area contributed by atoms with Gasteiger partial charge in [-0.25, -0.2) is 0 Å². The molecule has 0 amide bonds. The number of hydrogen-bond donors (Lipinski definition) is 8. The van der Waals surface area contributed by atoms with Gasteiger partial charge in [0.2, 0.25) is 6.29 Å². The minimum Gasteiger partial charge on any atom is -0.454 e. The summed E-state index contributed by atoms with van der Waals surface area (Å²) in [6.07, 6.45) is -7.80. The first-order valence-electron chi connectivity index (χ1n) is 21.8. The molecule has 0 radical (unpaired) electrons. The molecule has 5 aliphatic carbocycles. The lowest BCUT2D eigenvalue weighted by atomic mass is 9.33. The molecule has 336 valence electrons. The quantitative estimate of drug-likeness (QED) is 0.104. The van der Waals surface area contributed by atoms with Crippen molar-refractivity contribution in [2.75, 3.05) is 13.2 Å². The normalized spacial score (nSPS) is 51.5. The summed E-state index contributed by atoms with van der Waals surface area (Å²) in [4.78, 5) is 26.7. The molecular formula is C44H70O15. The molecule has 0 unspecified atom stereocenters. The Bertz CT molecular complexity index is 1630. The van der Waals surface area contributed by atoms with Crippen molar-refractivity contribution in [2.24, 2.45) is 50.2 Å². The van der Waals surface area contributed by atoms with Crippen molar-refractivity contribution in [3.63, 3.8) is 0 Å². The summed E-state index contributed by atoms with van der Waals surface area (Å²) < 4.78 is 29.5. The Kier molecular flexibility index (Phi) is 11.9. The van der Waals surface area contributed by atoms with Crippen molar-refractivity contribution < 1.29 is 74.1 Å². The van der Waals surface area contributed by atoms with Crippen LogP contribution >= 0.6 is 0 Å². The Labute approximate surface area is 347 Å². The summed E-state index contributed by atoms with van der Waals surface area (Å²) in [6, 6.07) is 0. The minimum atomic E-state index is -1.76. The van der Waals surface area contributed by atoms with Gasteiger partial charge in [0.05, 0.1) is 25.4 Å². The third-order valence-electron chi connectivity index (χ3n) is 17.5. The molecule has 2 aliphatic heterocycles. The van der Waals surface area contributed by atoms with Crippen LogP contribution in [0.4, 0.5) is 0 Å². The molecule has 7 aliphatic rings. The zero-order valence-electron chi connectivity index (χ0n) is 36.0. The number of fused-ring (bicyclic) bond motifs is 7. The maximum absolute atomic E-state index is 14.6. The molecule has 0 aromatic carbocycles. The lowest BCUT2D eigenvalue weighted by Crippen LogP contribution is -2.68. The number of carbonyl (C=O) groups excluding carboxylic acids is 2. The number of rotatable bonds is 7. The van der Waals surface area contributed by atoms with Gasteiger partial charge in [0.15, 0.2) is 12.4 Å². The van der Waals surface area contributed by atoms with Crippen LogP contribution in [0.3, 0.4) is 0 Å². The Morgan fingerprint density at radius 1 is 0.729 bits per heavy atom. The van der Waals surface area contributed by atoms with Crippen LogP contribution in [0.15, 0.2) is 11.6 Å². The second kappa shape index (κ2) is 15.5. The smallest absolute Gasteiger partial charge is 0.317 e. The van der Waals surface area contributed by atoms with Gasteiger partial charge in [0, 0.05) is 6.92 Å². The monoisotopic (exact) mass is 838 g/mol. The Balaban J connectivity index is 1.18. The molecule has 0 aromatic rings. The van der Waals surface area contributed by atoms with Crippen LogP contribution in [0.25, 0.3) is 0 Å². The first kappa shape index (κ1) is 45.3. The molecule has 8 N–H and O–H groups in total. The van der Waals surface area contributed by atoms with Gasteiger partial charge in [0.25, 0.3) is 0 Å². The number of esters is 2. The van der Waals surface area contributed by atoms with Crippen LogP contribution in [0, 0.1) is 50.2 Å². The summed E-state index contributed by atoms with van der Waals surface area (Å²) in [7, 11) is 0. The Hall–Kier alpha value is -1.76. The van der Waals surface area contributed by atoms with Crippen molar-refractivity contribution in [2.45, 2.75) is 187 Å². The first-order valence-corrected chi connectivity index (χ1v) is 21.8. The van der Waals surface area contributed by atoms with Crippen LogP contribution < -0.4 is 0 Å². The third kappa shape index (κ3) is 6.87. The Morgan fingerprint density at radius 2 is 1.36 bits per heavy atom. The molecule has 4 saturated carbocycles. The van der Waals surface area contributed by atoms with Gasteiger partial charge < -0.3 is 64.5 Å². The lowest BCUT2D eigenvalue weighted by molar-refractivity contribution is -0.331. The fourth-order valence-corrected chi connectivity index (χ4v) is 14.0. The molecule has 6 fully saturated rings. The predicted octanol–water partition coefficient (Wildman–Crippen LogP) is 1.86. The van der Waals surface area contributed by atoms with E-state index in [4.69, 9.17) is 23.7 Å². The number of aliphatic hydroxyl groups is 8. The van der Waals surface area contributed by atoms with E-state index in [9.17, 15) is 50.4 Å². The summed E-state index contributed by atoms with van der Waals surface area (Å²) in [5.74, 6) is -1.37. The van der Waals surface area contributed by atoms with E-state index in [-0.39, 0.29) is 40.1 Å². The second-order valence-corrected chi connectivity index (χ2v) is 21.3. The van der Waals surface area contributed by atoms with E-state index in [1.54, 1.807) is 0 Å². The zero-order valence-corrected chi connectivity index (χ0v) is 36.0. The standard InChI is InChI=1S/C44H70O15/c1-21(47)55-35-33(52)31(50)25(20-46)57-37(35)58-29-12-13-41(6)26(40(29,4)5)11-14-42(7)27(41)10-9-22-23-17-39(2,3)15-16-44(23,28(48)18-43(22,42)8)38(54)59-36-34(53)32(51)30(49)24(19-45)56-36/h9,23-37,45-46,48-53H,10-20H2,1-8H3/t23-,24+,25+,26-,27+,28-,29-,30+,31+,32-,33-,34+,35+,36-,37-,41-,42+,43+,44+/m0/s1. The van der Waals surface area contributed by atoms with Gasteiger partial charge in [0.1, 0.15) is 48.1 Å². The molecule has 59 heavy (non-hydrogen) atoms. The van der Waals surface area contributed by atoms with E-state index in [2.05, 4.69) is 54.5 Å². The molecule has 0 spiro atoms. The van der Waals surface area contributed by atoms with Gasteiger partial charge in [-0.1, -0.05) is 60.1 Å². The van der Waals surface area contributed by atoms with Crippen molar-refractivity contribution in [3.05, 3.63) is 11.6 Å². The minimum absolute atomic E-state index is 0.151. The first-order chi connectivity index (χ1) is 27.4. The zero-order chi connectivity index (χ0) is 43.4. The van der Waals surface area contributed by atoms with E-state index in [1.807, 2.05) is 0 Å². The van der Waals surface area contributed by atoms with E-state index in [0.717, 1.165) is 31.3 Å². The largest absolute Gasteiger partial charge is 0.454 e. The summed E-state index contributed by atoms with van der Waals surface area (Å²) in [6.45, 7) is 15.7. The third-order valence-corrected chi connectivity index (χ3v) is 17.5. The highest BCUT2D eigenvalue weighted by atomic mass is 16.7. The molecule has 15 nitrogen and oxygen atoms in total. The lowest BCUT2D eigenvalue weighted by Gasteiger charge is -2.71. The van der Waals surface area contributed by atoms with Crippen molar-refractivity contribution in [1.29, 1.82) is 0 Å². The van der Waals surface area contributed by atoms with Crippen LogP contribution in [-0.4, -0.2) is 140 Å². The van der Waals surface area contributed by atoms with Gasteiger partial charge in [-0.3, -0.25) is 9.59 Å². The molecule has 2 saturated heterocycles. The van der Waals surface area contributed by atoms with Gasteiger partial charge in [-0.15, -0.1) is 0 Å². The molecule has 0 aromatic heterocycles. The van der Waals surface area contributed by atoms with E-state index in [0.29, 0.717) is 32.1 Å². The van der Waals surface area contributed by atoms with E-state index >= 15 is 0 Å². The van der Waals surface area contributed by atoms with E-state index in [1.165, 1.54) is 6.92 Å². The summed E-state index contributed by atoms with van der Waals surface area (Å²) in [5, 5.41) is 85.4. The summed E-state index contributed by atoms with van der Waals surface area (Å²) >= 11 is 0. The SMILES string of the molecule is CC(=O)O[C@H]1[C@H](O[C@H]2CC[C@]3(C)[C@H]4CC=C5[C@@H]6CC(C)(C)CC[C@]6(C(=O)O[C@@H]6O[C@H](CO)[C@@H](O)[C@H](O)[C@H]6O)[C@@H](O)C[C@@]5(C)[C@]4(C)CC[C@H]3C2(C)C)O[C@H](CO)[C@@H](O)[C@@H]1O. The van der Waals surface area contributed by atoms with Gasteiger partial charge in [-0.2, -0.15) is 0 Å². The topological polar surface area (TPSA) is 242 Å². The van der Waals surface area contributed by atoms with Gasteiger partial charge in [-0.05, 0) is 103 Å². The van der Waals surface area contributed by atoms with Crippen LogP contribution in [0.5, 0.6) is 0 Å². The fourth-order valence-electron chi connectivity index (χ4n) is 14.0. The molecule has 2 heterocycles. The maximum atomic E-state index is 14.6. The highest BCUT2D eigenvalue weighted by Gasteiger charge is 2.72. The van der Waals surface area contributed by atoms with Crippen LogP contribution in [0.1, 0.15) is 113 Å². The van der Waals surface area contributed by atoms with Crippen LogP contribution in [0.2, 0.25) is 0 Å². The maximum Gasteiger partial charge on any atom is 0.317 e. The molecule has 19 atom stereocenters. The van der Waals surface area contributed by atoms with Crippen molar-refractivity contribution >= 4 is 11.9 Å². The highest BCUT2D eigenvalue weighted by molar-refractivity contribution is 5.80. The van der Waals surface area contributed by atoms with Gasteiger partial charge >= 0.3 is 11.9 Å². The van der Waals surface area contributed by atoms with Crippen LogP contribution in [-0.2, 0) is 33.3 Å². The number of carbonyl (C=O) groups is 2. The molecular weight excluding hydrogens is 768 g/mol. The Morgan fingerprint density at radius 3 is 1.98 bits per heavy atom. The number of hydrogen-bond acceptors (Lipinski definition) is 15. The highest BCUT2D eigenvalue weighted by Crippen LogP contribution is 2.76. The molecule has 7 rings (SSSR count). The number of aliphatic hydroxyl groups excluding tert-OH is 8. The number of ether oxygens (including phenoxy) is 5. The van der Waals surface area contributed by atoms with Crippen molar-refractivity contribution in [3.8, 4) is 0 Å². The number of allylic oxidation sites excluding steroid dienone is 2. The fraction of sp³-hybridized carbons (Fsp3) is 0.909. The second-order valence-electron chi connectivity index (χ2n) is 21.3. The average Bonchev–Trinajstić information content (AvgIpc) is 3.15. The molecule has 15 heteroatoms. The summed E-state index contributed by atoms with van der Waals surface area (Å²) in [5.41, 5.74) is -1.68. The van der Waals surface area contributed by atoms with E-state index < -0.39 is 109 Å². The molecule has 0 bridgehead atoms. The predicted molar refractivity (Wildman–Crippen MR) is 208 cm³/mol.